The average Bonchev–Trinajstić information content (AvgIpc) is 1.00. The molecule has 4 heterocycles. The van der Waals surface area contributed by atoms with E-state index < -0.39 is 40.5 Å². The molecule has 0 radical (unpaired) electrons. The first-order chi connectivity index (χ1) is 45.5. The topological polar surface area (TPSA) is 172 Å². The van der Waals surface area contributed by atoms with Crippen molar-refractivity contribution in [1.82, 2.24) is 35.6 Å². The minimum absolute atomic E-state index is 0.00775. The van der Waals surface area contributed by atoms with Crippen LogP contribution in [-0.2, 0) is 40.5 Å². The Kier molecular flexibility index (Phi) is 25.9. The van der Waals surface area contributed by atoms with Crippen LogP contribution in [0.5, 0.6) is 0 Å². The Morgan fingerprint density at radius 2 is 0.884 bits per heavy atom. The van der Waals surface area contributed by atoms with Crippen LogP contribution in [0.3, 0.4) is 0 Å². The van der Waals surface area contributed by atoms with E-state index in [1.54, 1.807) is 45.8 Å². The number of piperazine rings is 1. The van der Waals surface area contributed by atoms with Crippen LogP contribution in [0.4, 0.5) is 17.1 Å². The van der Waals surface area contributed by atoms with Crippen LogP contribution in [0.15, 0.2) is 131 Å². The van der Waals surface area contributed by atoms with E-state index in [-0.39, 0.29) is 61.0 Å². The first kappa shape index (κ1) is 73.2. The lowest BCUT2D eigenvalue weighted by atomic mass is 9.81. The van der Waals surface area contributed by atoms with Gasteiger partial charge in [0.15, 0.2) is 0 Å². The molecule has 4 saturated heterocycles. The first-order valence-corrected chi connectivity index (χ1v) is 41.3. The Bertz CT molecular complexity index is 3520. The van der Waals surface area contributed by atoms with Gasteiger partial charge < -0.3 is 24.5 Å². The van der Waals surface area contributed by atoms with Gasteiger partial charge in [-0.2, -0.15) is 42.7 Å². The van der Waals surface area contributed by atoms with Crippen molar-refractivity contribution in [1.29, 1.82) is 0 Å². The number of sulfonamides is 2. The quantitative estimate of drug-likeness (QED) is 0.0863. The maximum atomic E-state index is 14.9. The van der Waals surface area contributed by atoms with Gasteiger partial charge in [0.25, 0.3) is 20.4 Å². The summed E-state index contributed by atoms with van der Waals surface area (Å²) in [5, 5.41) is 0. The lowest BCUT2D eigenvalue weighted by Crippen LogP contribution is -2.57. The lowest BCUT2D eigenvalue weighted by molar-refractivity contribution is 0.171. The highest BCUT2D eigenvalue weighted by atomic mass is 32.2. The summed E-state index contributed by atoms with van der Waals surface area (Å²) in [4.78, 5) is 11.8. The van der Waals surface area contributed by atoms with Crippen molar-refractivity contribution in [3.8, 4) is 0 Å². The molecule has 2 saturated carbocycles. The van der Waals surface area contributed by atoms with Crippen LogP contribution in [0, 0.1) is 23.7 Å². The zero-order valence-corrected chi connectivity index (χ0v) is 60.9. The summed E-state index contributed by atoms with van der Waals surface area (Å²) >= 11 is 0. The third-order valence-electron chi connectivity index (χ3n) is 21.2. The zero-order chi connectivity index (χ0) is 67.3. The fraction of sp³-hybridized carbons (Fsp3) is 0.639. The molecule has 2 aliphatic carbocycles. The summed E-state index contributed by atoms with van der Waals surface area (Å²) in [5.41, 5.74) is 4.69. The second-order valence-corrected chi connectivity index (χ2v) is 36.5. The number of para-hydroxylation sites is 1. The van der Waals surface area contributed by atoms with Crippen molar-refractivity contribution >= 4 is 57.5 Å². The van der Waals surface area contributed by atoms with Gasteiger partial charge in [-0.3, -0.25) is 0 Å². The van der Waals surface area contributed by atoms with Gasteiger partial charge in [-0.15, -0.1) is 0 Å². The Morgan fingerprint density at radius 1 is 0.421 bits per heavy atom. The third kappa shape index (κ3) is 19.3. The van der Waals surface area contributed by atoms with E-state index in [0.717, 1.165) is 94.7 Å². The summed E-state index contributed by atoms with van der Waals surface area (Å²) in [6, 6.07) is 34.7. The molecule has 0 amide bonds. The van der Waals surface area contributed by atoms with E-state index in [1.807, 2.05) is 74.4 Å². The van der Waals surface area contributed by atoms with Crippen LogP contribution in [0.2, 0.25) is 0 Å². The molecule has 6 aliphatic rings. The normalized spacial score (nSPS) is 24.9. The monoisotopic (exact) mass is 1390 g/mol. The van der Waals surface area contributed by atoms with E-state index in [4.69, 9.17) is 0 Å². The number of hydrogen-bond acceptors (Lipinski definition) is 13. The first-order valence-electron chi connectivity index (χ1n) is 35.6. The average molecular weight is 1390 g/mol. The van der Waals surface area contributed by atoms with Crippen molar-refractivity contribution in [3.63, 3.8) is 0 Å². The fourth-order valence-corrected chi connectivity index (χ4v) is 22.5. The van der Waals surface area contributed by atoms with Crippen molar-refractivity contribution in [3.05, 3.63) is 127 Å². The number of hydrogen-bond donors (Lipinski definition) is 0. The molecule has 6 fully saturated rings. The third-order valence-corrected chi connectivity index (χ3v) is 28.9. The number of anilines is 3. The lowest BCUT2D eigenvalue weighted by Gasteiger charge is -2.42. The maximum Gasteiger partial charge on any atom is 0.282 e. The van der Waals surface area contributed by atoms with Crippen LogP contribution in [0.25, 0.3) is 0 Å². The summed E-state index contributed by atoms with van der Waals surface area (Å²) in [6.45, 7) is 17.9. The smallest absolute Gasteiger partial charge is 0.282 e. The molecule has 0 spiro atoms. The second kappa shape index (κ2) is 33.6. The SMILES string of the molecule is C=C1CN(S(=O)(=O)c2ccc(N(C)C)cc2)CCCN(CC2CCC(CN(C)c3ccc(S(=O)(=O)N4CCCN(CC5CCCCC5)CCCN(S(=O)(=O)N5CCC(c6ccccc6)CC5)CC(C)C4)cc3)CC2)CCCN(S(=O)(=O)N2CCN(c3ccccc3)[C@H](C)C2)C1. The highest BCUT2D eigenvalue weighted by molar-refractivity contribution is 7.89. The summed E-state index contributed by atoms with van der Waals surface area (Å²) in [5.74, 6) is 1.55. The predicted molar refractivity (Wildman–Crippen MR) is 385 cm³/mol. The molecule has 10 rings (SSSR count). The fourth-order valence-electron chi connectivity index (χ4n) is 15.8. The molecular weight excluding hydrogens is 1280 g/mol. The minimum atomic E-state index is -3.96. The van der Waals surface area contributed by atoms with Gasteiger partial charge in [-0.1, -0.05) is 81.3 Å². The Labute approximate surface area is 572 Å². The molecule has 0 bridgehead atoms. The molecule has 2 atom stereocenters. The van der Waals surface area contributed by atoms with Gasteiger partial charge in [0, 0.05) is 149 Å². The van der Waals surface area contributed by atoms with Crippen molar-refractivity contribution in [2.75, 3.05) is 167 Å². The van der Waals surface area contributed by atoms with Crippen molar-refractivity contribution < 1.29 is 33.7 Å². The molecular formula is C72H111N11O8S4. The molecule has 4 aromatic rings. The van der Waals surface area contributed by atoms with Crippen LogP contribution in [-0.4, -0.2) is 227 Å². The molecule has 95 heavy (non-hydrogen) atoms. The van der Waals surface area contributed by atoms with Gasteiger partial charge in [0.1, 0.15) is 0 Å². The molecule has 19 nitrogen and oxygen atoms in total. The van der Waals surface area contributed by atoms with E-state index in [0.29, 0.717) is 107 Å². The minimum Gasteiger partial charge on any atom is -0.378 e. The molecule has 526 valence electrons. The van der Waals surface area contributed by atoms with E-state index in [9.17, 15) is 33.7 Å². The summed E-state index contributed by atoms with van der Waals surface area (Å²) in [6.07, 6.45) is 14.5. The van der Waals surface area contributed by atoms with Crippen LogP contribution < -0.4 is 14.7 Å². The van der Waals surface area contributed by atoms with Gasteiger partial charge in [-0.25, -0.2) is 16.8 Å². The van der Waals surface area contributed by atoms with Gasteiger partial charge >= 0.3 is 0 Å². The Morgan fingerprint density at radius 3 is 1.45 bits per heavy atom. The number of nitrogens with zero attached hydrogens (tertiary/aromatic N) is 11. The number of rotatable bonds is 18. The standard InChI is InChI=1S/C72H111N11O8S4/c1-60-52-79(44-16-40-75(58-63-20-10-7-11-21-63)42-18-46-80(54-60)94(88,89)77-48-38-67(39-49-77)66-22-12-8-13-23-66)93(86,87)72-36-32-69(33-37-72)74(6)57-64-26-28-65(29-27-64)59-76-41-17-45-78(92(84,85)71-34-30-68(31-35-71)73(4)5)53-61(2)55-81(47-19-43-76)95(90,91)82-50-51-83(62(3)56-82)70-24-14-9-15-25-70/h8-9,12-15,22-25,30-37,60,62-65,67H,2,7,10-11,16-21,26-29,38-59H2,1,3-6H3/t60?,62-,64?,65?/m1/s1. The highest BCUT2D eigenvalue weighted by Gasteiger charge is 2.39. The molecule has 1 unspecified atom stereocenters. The Hall–Kier alpha value is -4.50. The van der Waals surface area contributed by atoms with Crippen LogP contribution >= 0.6 is 0 Å². The van der Waals surface area contributed by atoms with Gasteiger partial charge in [-0.05, 0) is 212 Å². The largest absolute Gasteiger partial charge is 0.378 e. The molecule has 4 aromatic carbocycles. The van der Waals surface area contributed by atoms with Crippen molar-refractivity contribution in [2.24, 2.45) is 23.7 Å². The highest BCUT2D eigenvalue weighted by Crippen LogP contribution is 2.35. The zero-order valence-electron chi connectivity index (χ0n) is 57.6. The molecule has 0 aromatic heterocycles. The van der Waals surface area contributed by atoms with E-state index in [2.05, 4.69) is 76.5 Å². The summed E-state index contributed by atoms with van der Waals surface area (Å²) < 4.78 is 127. The van der Waals surface area contributed by atoms with Gasteiger partial charge in [0.2, 0.25) is 20.0 Å². The van der Waals surface area contributed by atoms with Crippen molar-refractivity contribution in [2.45, 2.75) is 132 Å². The summed E-state index contributed by atoms with van der Waals surface area (Å²) in [7, 11) is -9.73. The maximum absolute atomic E-state index is 14.9. The predicted octanol–water partition coefficient (Wildman–Crippen LogP) is 9.82. The van der Waals surface area contributed by atoms with Crippen LogP contribution in [0.1, 0.15) is 122 Å². The second-order valence-electron chi connectivity index (χ2n) is 28.8. The molecule has 23 heteroatoms. The molecule has 4 aliphatic heterocycles. The van der Waals surface area contributed by atoms with E-state index >= 15 is 0 Å². The van der Waals surface area contributed by atoms with Gasteiger partial charge in [0.05, 0.1) is 9.79 Å². The molecule has 0 N–H and O–H groups in total. The Balaban J connectivity index is 0.765. The van der Waals surface area contributed by atoms with E-state index in [1.165, 1.54) is 42.0 Å². The number of piperidine rings is 1. The number of benzene rings is 4.